The molecule has 0 unspecified atom stereocenters. The summed E-state index contributed by atoms with van der Waals surface area (Å²) in [6.07, 6.45) is 5.55. The summed E-state index contributed by atoms with van der Waals surface area (Å²) in [6, 6.07) is 3.20. The Labute approximate surface area is 145 Å². The second kappa shape index (κ2) is 6.99. The topological polar surface area (TPSA) is 68.6 Å². The highest BCUT2D eigenvalue weighted by Gasteiger charge is 2.44. The van der Waals surface area contributed by atoms with Crippen molar-refractivity contribution in [1.82, 2.24) is 15.1 Å². The van der Waals surface area contributed by atoms with Crippen LogP contribution in [0.5, 0.6) is 0 Å². The molecule has 1 amide bonds. The smallest absolute Gasteiger partial charge is 0.235 e. The van der Waals surface area contributed by atoms with Gasteiger partial charge in [-0.25, -0.2) is 0 Å². The van der Waals surface area contributed by atoms with Crippen LogP contribution in [-0.2, 0) is 9.53 Å². The van der Waals surface area contributed by atoms with Crippen LogP contribution in [-0.4, -0.2) is 73.2 Å². The minimum atomic E-state index is -0.703. The first kappa shape index (κ1) is 17.7. The molecule has 1 heterocycles. The average Bonchev–Trinajstić information content (AvgIpc) is 3.39. The molecule has 0 spiro atoms. The molecule has 4 atom stereocenters. The lowest BCUT2D eigenvalue weighted by Gasteiger charge is -2.46. The predicted octanol–water partition coefficient (Wildman–Crippen LogP) is 0.978. The SMILES string of the molecule is CN(C)[C@@H]1CC[C@@H]2[C@H](C1)OCCN2CC(=O)N[C@@](C)(C#N)C1CC1. The molecule has 134 valence electrons. The van der Waals surface area contributed by atoms with Gasteiger partial charge in [0.15, 0.2) is 0 Å². The van der Waals surface area contributed by atoms with Crippen molar-refractivity contribution in [2.24, 2.45) is 5.92 Å². The van der Waals surface area contributed by atoms with Crippen LogP contribution in [0.4, 0.5) is 0 Å². The van der Waals surface area contributed by atoms with Crippen LogP contribution < -0.4 is 5.32 Å². The second-order valence-corrected chi connectivity index (χ2v) is 8.01. The molecule has 0 aromatic heterocycles. The van der Waals surface area contributed by atoms with Crippen LogP contribution in [0.3, 0.4) is 0 Å². The zero-order valence-electron chi connectivity index (χ0n) is 15.1. The number of nitriles is 1. The largest absolute Gasteiger partial charge is 0.375 e. The van der Waals surface area contributed by atoms with E-state index in [9.17, 15) is 10.1 Å². The summed E-state index contributed by atoms with van der Waals surface area (Å²) in [7, 11) is 4.25. The monoisotopic (exact) mass is 334 g/mol. The Hall–Kier alpha value is -1.16. The Bertz CT molecular complexity index is 514. The molecule has 0 aromatic carbocycles. The molecule has 2 saturated carbocycles. The number of nitrogens with zero attached hydrogens (tertiary/aromatic N) is 3. The van der Waals surface area contributed by atoms with Crippen LogP contribution in [0.2, 0.25) is 0 Å². The molecule has 2 aliphatic carbocycles. The molecule has 3 rings (SSSR count). The average molecular weight is 334 g/mol. The first-order chi connectivity index (χ1) is 11.4. The van der Waals surface area contributed by atoms with Crippen LogP contribution in [0, 0.1) is 17.2 Å². The van der Waals surface area contributed by atoms with Gasteiger partial charge in [-0.3, -0.25) is 9.69 Å². The Morgan fingerprint density at radius 2 is 2.12 bits per heavy atom. The van der Waals surface area contributed by atoms with Gasteiger partial charge in [0.25, 0.3) is 0 Å². The van der Waals surface area contributed by atoms with Crippen LogP contribution in [0.25, 0.3) is 0 Å². The highest BCUT2D eigenvalue weighted by atomic mass is 16.5. The zero-order valence-corrected chi connectivity index (χ0v) is 15.1. The summed E-state index contributed by atoms with van der Waals surface area (Å²) in [4.78, 5) is 17.1. The van der Waals surface area contributed by atoms with E-state index in [0.29, 0.717) is 31.2 Å². The third-order valence-electron chi connectivity index (χ3n) is 6.01. The van der Waals surface area contributed by atoms with Gasteiger partial charge < -0.3 is 15.0 Å². The predicted molar refractivity (Wildman–Crippen MR) is 91.3 cm³/mol. The van der Waals surface area contributed by atoms with E-state index in [0.717, 1.165) is 38.6 Å². The van der Waals surface area contributed by atoms with Gasteiger partial charge in [-0.1, -0.05) is 0 Å². The fourth-order valence-corrected chi connectivity index (χ4v) is 4.24. The van der Waals surface area contributed by atoms with E-state index in [4.69, 9.17) is 4.74 Å². The third kappa shape index (κ3) is 3.74. The molecule has 1 N–H and O–H groups in total. The fourth-order valence-electron chi connectivity index (χ4n) is 4.24. The van der Waals surface area contributed by atoms with E-state index in [2.05, 4.69) is 35.3 Å². The fraction of sp³-hybridized carbons (Fsp3) is 0.889. The number of fused-ring (bicyclic) bond motifs is 1. The van der Waals surface area contributed by atoms with Crippen LogP contribution in [0.15, 0.2) is 0 Å². The van der Waals surface area contributed by atoms with Crippen LogP contribution >= 0.6 is 0 Å². The number of nitrogens with one attached hydrogen (secondary N) is 1. The van der Waals surface area contributed by atoms with E-state index in [1.807, 2.05) is 6.92 Å². The van der Waals surface area contributed by atoms with Gasteiger partial charge >= 0.3 is 0 Å². The maximum Gasteiger partial charge on any atom is 0.235 e. The molecule has 24 heavy (non-hydrogen) atoms. The number of morpholine rings is 1. The Kier molecular flexibility index (Phi) is 5.14. The Balaban J connectivity index is 1.57. The first-order valence-corrected chi connectivity index (χ1v) is 9.17. The third-order valence-corrected chi connectivity index (χ3v) is 6.01. The molecule has 1 saturated heterocycles. The summed E-state index contributed by atoms with van der Waals surface area (Å²) in [5, 5.41) is 12.4. The number of carbonyl (C=O) groups is 1. The first-order valence-electron chi connectivity index (χ1n) is 9.17. The van der Waals surface area contributed by atoms with Crippen molar-refractivity contribution in [2.75, 3.05) is 33.8 Å². The minimum Gasteiger partial charge on any atom is -0.375 e. The zero-order chi connectivity index (χ0) is 17.3. The molecule has 6 heteroatoms. The highest BCUT2D eigenvalue weighted by Crippen LogP contribution is 2.39. The highest BCUT2D eigenvalue weighted by molar-refractivity contribution is 5.79. The lowest BCUT2D eigenvalue weighted by atomic mass is 9.86. The number of hydrogen-bond donors (Lipinski definition) is 1. The van der Waals surface area contributed by atoms with Gasteiger partial charge in [-0.15, -0.1) is 0 Å². The molecule has 6 nitrogen and oxygen atoms in total. The summed E-state index contributed by atoms with van der Waals surface area (Å²) in [5.41, 5.74) is -0.703. The molecule has 3 aliphatic rings. The molecular formula is C18H30N4O2. The van der Waals surface area contributed by atoms with Gasteiger partial charge in [0, 0.05) is 18.6 Å². The van der Waals surface area contributed by atoms with E-state index >= 15 is 0 Å². The van der Waals surface area contributed by atoms with Crippen molar-refractivity contribution < 1.29 is 9.53 Å². The van der Waals surface area contributed by atoms with E-state index in [-0.39, 0.29) is 12.0 Å². The summed E-state index contributed by atoms with van der Waals surface area (Å²) in [6.45, 7) is 3.72. The van der Waals surface area contributed by atoms with Gasteiger partial charge in [-0.05, 0) is 59.0 Å². The van der Waals surface area contributed by atoms with Gasteiger partial charge in [0.1, 0.15) is 5.54 Å². The lowest BCUT2D eigenvalue weighted by Crippen LogP contribution is -2.59. The number of carbonyl (C=O) groups excluding carboxylic acids is 1. The standard InChI is InChI=1S/C18H30N4O2/c1-18(12-19,13-4-5-13)20-17(23)11-22-8-9-24-16-10-14(21(2)3)6-7-15(16)22/h13-16H,4-11H2,1-3H3,(H,20,23)/t14-,15-,16+,18+/m1/s1. The summed E-state index contributed by atoms with van der Waals surface area (Å²) in [5.74, 6) is 0.292. The van der Waals surface area contributed by atoms with Crippen molar-refractivity contribution in [3.8, 4) is 6.07 Å². The minimum absolute atomic E-state index is 0.0265. The number of hydrogen-bond acceptors (Lipinski definition) is 5. The molecular weight excluding hydrogens is 304 g/mol. The molecule has 0 bridgehead atoms. The molecule has 3 fully saturated rings. The lowest BCUT2D eigenvalue weighted by molar-refractivity contribution is -0.132. The van der Waals surface area contributed by atoms with E-state index < -0.39 is 5.54 Å². The summed E-state index contributed by atoms with van der Waals surface area (Å²) < 4.78 is 5.99. The molecule has 1 aliphatic heterocycles. The van der Waals surface area contributed by atoms with Crippen molar-refractivity contribution in [3.63, 3.8) is 0 Å². The van der Waals surface area contributed by atoms with Gasteiger partial charge in [0.2, 0.25) is 5.91 Å². The number of ether oxygens (including phenoxy) is 1. The number of rotatable bonds is 5. The Morgan fingerprint density at radius 3 is 2.75 bits per heavy atom. The van der Waals surface area contributed by atoms with Crippen molar-refractivity contribution in [1.29, 1.82) is 5.26 Å². The molecule has 0 aromatic rings. The quantitative estimate of drug-likeness (QED) is 0.812. The van der Waals surface area contributed by atoms with E-state index in [1.165, 1.54) is 0 Å². The normalized spacial score (nSPS) is 33.4. The van der Waals surface area contributed by atoms with Gasteiger partial charge in [0.05, 0.1) is 25.3 Å². The Morgan fingerprint density at radius 1 is 1.38 bits per heavy atom. The van der Waals surface area contributed by atoms with E-state index in [1.54, 1.807) is 0 Å². The second-order valence-electron chi connectivity index (χ2n) is 8.01. The summed E-state index contributed by atoms with van der Waals surface area (Å²) >= 11 is 0. The number of amides is 1. The maximum absolute atomic E-state index is 12.5. The van der Waals surface area contributed by atoms with Gasteiger partial charge in [-0.2, -0.15) is 5.26 Å². The molecule has 0 radical (unpaired) electrons. The van der Waals surface area contributed by atoms with Crippen molar-refractivity contribution in [2.45, 2.75) is 62.8 Å². The van der Waals surface area contributed by atoms with Crippen LogP contribution in [0.1, 0.15) is 39.0 Å². The van der Waals surface area contributed by atoms with Crippen molar-refractivity contribution in [3.05, 3.63) is 0 Å². The van der Waals surface area contributed by atoms with Crippen molar-refractivity contribution >= 4 is 5.91 Å². The maximum atomic E-state index is 12.5.